The number of amides is 1. The topological polar surface area (TPSA) is 41.1 Å². The smallest absolute Gasteiger partial charge is 0.237 e. The summed E-state index contributed by atoms with van der Waals surface area (Å²) in [5.74, 6) is 1.46. The van der Waals surface area contributed by atoms with Crippen molar-refractivity contribution in [2.75, 3.05) is 13.1 Å². The third-order valence-corrected chi connectivity index (χ3v) is 3.84. The molecule has 2 fully saturated rings. The first-order chi connectivity index (χ1) is 7.27. The fourth-order valence-electron chi connectivity index (χ4n) is 2.45. The molecule has 0 radical (unpaired) electrons. The molecule has 2 N–H and O–H groups in total. The van der Waals surface area contributed by atoms with E-state index < -0.39 is 0 Å². The van der Waals surface area contributed by atoms with E-state index in [0.29, 0.717) is 5.92 Å². The molecular formula is C12H22N2O. The first-order valence-electron chi connectivity index (χ1n) is 6.28. The third kappa shape index (κ3) is 2.71. The summed E-state index contributed by atoms with van der Waals surface area (Å²) < 4.78 is 0. The van der Waals surface area contributed by atoms with Gasteiger partial charge in [0.1, 0.15) is 0 Å². The van der Waals surface area contributed by atoms with Crippen LogP contribution in [-0.4, -0.2) is 25.0 Å². The highest BCUT2D eigenvalue weighted by Crippen LogP contribution is 2.25. The highest BCUT2D eigenvalue weighted by atomic mass is 16.2. The first kappa shape index (κ1) is 10.9. The molecule has 2 atom stereocenters. The van der Waals surface area contributed by atoms with Gasteiger partial charge in [-0.15, -0.1) is 0 Å². The van der Waals surface area contributed by atoms with Gasteiger partial charge in [0.2, 0.25) is 5.91 Å². The van der Waals surface area contributed by atoms with Gasteiger partial charge in [-0.2, -0.15) is 0 Å². The van der Waals surface area contributed by atoms with E-state index in [1.807, 2.05) is 0 Å². The molecule has 1 heterocycles. The van der Waals surface area contributed by atoms with Gasteiger partial charge < -0.3 is 10.6 Å². The van der Waals surface area contributed by atoms with Gasteiger partial charge in [0.05, 0.1) is 6.04 Å². The van der Waals surface area contributed by atoms with Gasteiger partial charge in [0.25, 0.3) is 0 Å². The molecule has 0 aromatic rings. The second-order valence-corrected chi connectivity index (χ2v) is 5.09. The third-order valence-electron chi connectivity index (χ3n) is 3.84. The van der Waals surface area contributed by atoms with E-state index >= 15 is 0 Å². The van der Waals surface area contributed by atoms with Crippen molar-refractivity contribution in [1.29, 1.82) is 0 Å². The van der Waals surface area contributed by atoms with E-state index in [0.717, 1.165) is 19.0 Å². The Hall–Kier alpha value is -0.570. The summed E-state index contributed by atoms with van der Waals surface area (Å²) in [6, 6.07) is 0.0545. The zero-order valence-electron chi connectivity index (χ0n) is 9.59. The minimum absolute atomic E-state index is 0.0545. The van der Waals surface area contributed by atoms with Crippen LogP contribution in [-0.2, 0) is 4.79 Å². The minimum Gasteiger partial charge on any atom is -0.354 e. The Balaban J connectivity index is 1.73. The standard InChI is InChI=1S/C12H22N2O/c1-9-4-3-7-13-11(9)12(15)14-8-10-5-2-6-10/h9-11,13H,2-8H2,1H3,(H,14,15). The second kappa shape index (κ2) is 4.97. The average Bonchev–Trinajstić information content (AvgIpc) is 2.16. The number of hydrogen-bond acceptors (Lipinski definition) is 2. The van der Waals surface area contributed by atoms with Crippen molar-refractivity contribution in [3.63, 3.8) is 0 Å². The lowest BCUT2D eigenvalue weighted by Crippen LogP contribution is -2.51. The molecule has 0 spiro atoms. The number of nitrogens with one attached hydrogen (secondary N) is 2. The predicted molar refractivity (Wildman–Crippen MR) is 60.5 cm³/mol. The number of rotatable bonds is 3. The fourth-order valence-corrected chi connectivity index (χ4v) is 2.45. The maximum Gasteiger partial charge on any atom is 0.237 e. The van der Waals surface area contributed by atoms with E-state index in [2.05, 4.69) is 17.6 Å². The summed E-state index contributed by atoms with van der Waals surface area (Å²) in [5, 5.41) is 6.40. The summed E-state index contributed by atoms with van der Waals surface area (Å²) in [6.07, 6.45) is 6.32. The summed E-state index contributed by atoms with van der Waals surface area (Å²) in [5.41, 5.74) is 0. The molecule has 86 valence electrons. The largest absolute Gasteiger partial charge is 0.354 e. The van der Waals surface area contributed by atoms with Crippen LogP contribution in [0.4, 0.5) is 0 Å². The molecule has 1 aliphatic heterocycles. The number of hydrogen-bond donors (Lipinski definition) is 2. The van der Waals surface area contributed by atoms with Crippen molar-refractivity contribution in [1.82, 2.24) is 10.6 Å². The molecular weight excluding hydrogens is 188 g/mol. The van der Waals surface area contributed by atoms with Crippen molar-refractivity contribution in [3.05, 3.63) is 0 Å². The summed E-state index contributed by atoms with van der Waals surface area (Å²) in [4.78, 5) is 11.9. The molecule has 1 saturated carbocycles. The molecule has 3 nitrogen and oxygen atoms in total. The molecule has 1 amide bonds. The van der Waals surface area contributed by atoms with Gasteiger partial charge in [-0.25, -0.2) is 0 Å². The molecule has 2 rings (SSSR count). The van der Waals surface area contributed by atoms with Crippen molar-refractivity contribution < 1.29 is 4.79 Å². The lowest BCUT2D eigenvalue weighted by Gasteiger charge is -2.31. The summed E-state index contributed by atoms with van der Waals surface area (Å²) in [7, 11) is 0. The molecule has 3 heteroatoms. The summed E-state index contributed by atoms with van der Waals surface area (Å²) in [6.45, 7) is 4.05. The summed E-state index contributed by atoms with van der Waals surface area (Å²) >= 11 is 0. The normalized spacial score (nSPS) is 32.1. The first-order valence-corrected chi connectivity index (χ1v) is 6.28. The lowest BCUT2D eigenvalue weighted by atomic mass is 9.85. The fraction of sp³-hybridized carbons (Fsp3) is 0.917. The van der Waals surface area contributed by atoms with Crippen LogP contribution in [0.15, 0.2) is 0 Å². The number of carbonyl (C=O) groups excluding carboxylic acids is 1. The van der Waals surface area contributed by atoms with Crippen LogP contribution in [0.25, 0.3) is 0 Å². The number of piperidine rings is 1. The highest BCUT2D eigenvalue weighted by Gasteiger charge is 2.28. The van der Waals surface area contributed by atoms with Crippen LogP contribution in [0.5, 0.6) is 0 Å². The van der Waals surface area contributed by atoms with E-state index in [1.165, 1.54) is 32.1 Å². The Labute approximate surface area is 92.0 Å². The molecule has 15 heavy (non-hydrogen) atoms. The van der Waals surface area contributed by atoms with Crippen LogP contribution in [0.1, 0.15) is 39.0 Å². The molecule has 0 aromatic heterocycles. The second-order valence-electron chi connectivity index (χ2n) is 5.09. The predicted octanol–water partition coefficient (Wildman–Crippen LogP) is 1.29. The van der Waals surface area contributed by atoms with Crippen LogP contribution < -0.4 is 10.6 Å². The zero-order chi connectivity index (χ0) is 10.7. The van der Waals surface area contributed by atoms with Gasteiger partial charge in [-0.05, 0) is 44.1 Å². The van der Waals surface area contributed by atoms with E-state index in [9.17, 15) is 4.79 Å². The van der Waals surface area contributed by atoms with Crippen LogP contribution in [0.3, 0.4) is 0 Å². The Morgan fingerprint density at radius 2 is 2.13 bits per heavy atom. The van der Waals surface area contributed by atoms with E-state index in [4.69, 9.17) is 0 Å². The van der Waals surface area contributed by atoms with Gasteiger partial charge in [-0.3, -0.25) is 4.79 Å². The SMILES string of the molecule is CC1CCCNC1C(=O)NCC1CCC1. The van der Waals surface area contributed by atoms with Crippen molar-refractivity contribution in [2.24, 2.45) is 11.8 Å². The maximum atomic E-state index is 11.9. The Morgan fingerprint density at radius 1 is 1.33 bits per heavy atom. The minimum atomic E-state index is 0.0545. The average molecular weight is 210 g/mol. The van der Waals surface area contributed by atoms with E-state index in [-0.39, 0.29) is 11.9 Å². The Morgan fingerprint density at radius 3 is 2.73 bits per heavy atom. The molecule has 1 aliphatic carbocycles. The quantitative estimate of drug-likeness (QED) is 0.737. The highest BCUT2D eigenvalue weighted by molar-refractivity contribution is 5.82. The molecule has 2 aliphatic rings. The Kier molecular flexibility index (Phi) is 3.62. The van der Waals surface area contributed by atoms with Crippen LogP contribution >= 0.6 is 0 Å². The van der Waals surface area contributed by atoms with Crippen molar-refractivity contribution >= 4 is 5.91 Å². The molecule has 1 saturated heterocycles. The maximum absolute atomic E-state index is 11.9. The van der Waals surface area contributed by atoms with Crippen molar-refractivity contribution in [2.45, 2.75) is 45.1 Å². The van der Waals surface area contributed by atoms with E-state index in [1.54, 1.807) is 0 Å². The van der Waals surface area contributed by atoms with Gasteiger partial charge >= 0.3 is 0 Å². The molecule has 0 bridgehead atoms. The number of carbonyl (C=O) groups is 1. The zero-order valence-corrected chi connectivity index (χ0v) is 9.59. The molecule has 2 unspecified atom stereocenters. The monoisotopic (exact) mass is 210 g/mol. The van der Waals surface area contributed by atoms with Gasteiger partial charge in [-0.1, -0.05) is 13.3 Å². The lowest BCUT2D eigenvalue weighted by molar-refractivity contribution is -0.125. The van der Waals surface area contributed by atoms with Crippen molar-refractivity contribution in [3.8, 4) is 0 Å². The Bertz CT molecular complexity index is 226. The van der Waals surface area contributed by atoms with Crippen LogP contribution in [0.2, 0.25) is 0 Å². The van der Waals surface area contributed by atoms with Crippen LogP contribution in [0, 0.1) is 11.8 Å². The van der Waals surface area contributed by atoms with Gasteiger partial charge in [0, 0.05) is 6.54 Å². The molecule has 0 aromatic carbocycles. The van der Waals surface area contributed by atoms with Gasteiger partial charge in [0.15, 0.2) is 0 Å².